The van der Waals surface area contributed by atoms with E-state index in [0.29, 0.717) is 0 Å². The quantitative estimate of drug-likeness (QED) is 0.237. The van der Waals surface area contributed by atoms with Crippen LogP contribution in [-0.4, -0.2) is 6.29 Å². The van der Waals surface area contributed by atoms with Crippen LogP contribution in [0.4, 0.5) is 0 Å². The molecule has 0 atom stereocenters. The molecule has 0 bridgehead atoms. The summed E-state index contributed by atoms with van der Waals surface area (Å²) in [5.74, 6) is 0. The van der Waals surface area contributed by atoms with Crippen molar-refractivity contribution in [3.63, 3.8) is 0 Å². The molecule has 0 aliphatic carbocycles. The second-order valence-corrected chi connectivity index (χ2v) is 2.49. The van der Waals surface area contributed by atoms with Crippen molar-refractivity contribution in [2.24, 2.45) is 0 Å². The lowest BCUT2D eigenvalue weighted by Crippen LogP contribution is -1.74. The van der Waals surface area contributed by atoms with Crippen molar-refractivity contribution in [2.45, 2.75) is 32.1 Å². The fourth-order valence-corrected chi connectivity index (χ4v) is 0.879. The first-order valence-corrected chi connectivity index (χ1v) is 4.13. The molecule has 11 heavy (non-hydrogen) atoms. The van der Waals surface area contributed by atoms with Crippen molar-refractivity contribution in [2.75, 3.05) is 0 Å². The summed E-state index contributed by atoms with van der Waals surface area (Å²) in [5, 5.41) is 0. The summed E-state index contributed by atoms with van der Waals surface area (Å²) in [7, 11) is 0. The summed E-state index contributed by atoms with van der Waals surface area (Å²) >= 11 is 0. The summed E-state index contributed by atoms with van der Waals surface area (Å²) in [5.41, 5.74) is 0. The zero-order chi connectivity index (χ0) is 8.36. The van der Waals surface area contributed by atoms with Crippen molar-refractivity contribution in [3.8, 4) is 0 Å². The molecule has 1 heteroatoms. The number of carbonyl (C=O) groups is 1. The van der Waals surface area contributed by atoms with Gasteiger partial charge in [0, 0.05) is 0 Å². The van der Waals surface area contributed by atoms with Gasteiger partial charge in [-0.2, -0.15) is 0 Å². The summed E-state index contributed by atoms with van der Waals surface area (Å²) in [6.45, 7) is 3.65. The standard InChI is InChI=1S/C10H16O/c1-2-3-4-5-6-7-8-9-10-11/h2,8-10H,1,3-7H2. The number of allylic oxidation sites excluding steroid dienone is 3. The third kappa shape index (κ3) is 9.15. The molecule has 0 fully saturated rings. The van der Waals surface area contributed by atoms with Gasteiger partial charge in [-0.15, -0.1) is 6.58 Å². The lowest BCUT2D eigenvalue weighted by atomic mass is 10.1. The third-order valence-electron chi connectivity index (χ3n) is 1.49. The Morgan fingerprint density at radius 3 is 2.45 bits per heavy atom. The van der Waals surface area contributed by atoms with Crippen LogP contribution in [0, 0.1) is 0 Å². The smallest absolute Gasteiger partial charge is 0.142 e. The fourth-order valence-electron chi connectivity index (χ4n) is 0.879. The highest BCUT2D eigenvalue weighted by Crippen LogP contribution is 2.03. The second-order valence-electron chi connectivity index (χ2n) is 2.49. The van der Waals surface area contributed by atoms with E-state index in [1.807, 2.05) is 12.2 Å². The van der Waals surface area contributed by atoms with Crippen LogP contribution in [0.1, 0.15) is 32.1 Å². The van der Waals surface area contributed by atoms with E-state index < -0.39 is 0 Å². The minimum atomic E-state index is 0.823. The molecule has 0 saturated carbocycles. The SMILES string of the molecule is C=CCCCCCC=CC=O. The van der Waals surface area contributed by atoms with Crippen molar-refractivity contribution >= 4 is 6.29 Å². The van der Waals surface area contributed by atoms with Gasteiger partial charge in [0.05, 0.1) is 0 Å². The van der Waals surface area contributed by atoms with Crippen LogP contribution < -0.4 is 0 Å². The zero-order valence-electron chi connectivity index (χ0n) is 6.96. The molecule has 0 aromatic rings. The van der Waals surface area contributed by atoms with Crippen LogP contribution in [0.2, 0.25) is 0 Å². The largest absolute Gasteiger partial charge is 0.299 e. The number of hydrogen-bond donors (Lipinski definition) is 0. The molecule has 0 aromatic carbocycles. The van der Waals surface area contributed by atoms with Crippen LogP contribution in [0.3, 0.4) is 0 Å². The number of aldehydes is 1. The van der Waals surface area contributed by atoms with Crippen LogP contribution in [-0.2, 0) is 4.79 Å². The normalized spacial score (nSPS) is 10.2. The minimum absolute atomic E-state index is 0.823. The predicted molar refractivity (Wildman–Crippen MR) is 48.5 cm³/mol. The van der Waals surface area contributed by atoms with Gasteiger partial charge in [0.2, 0.25) is 0 Å². The number of hydrogen-bond acceptors (Lipinski definition) is 1. The molecule has 0 heterocycles. The average molecular weight is 152 g/mol. The molecule has 0 aliphatic heterocycles. The first-order valence-electron chi connectivity index (χ1n) is 4.13. The van der Waals surface area contributed by atoms with Crippen LogP contribution in [0.25, 0.3) is 0 Å². The van der Waals surface area contributed by atoms with E-state index in [9.17, 15) is 4.79 Å². The molecule has 62 valence electrons. The highest BCUT2D eigenvalue weighted by atomic mass is 16.1. The number of carbonyl (C=O) groups excluding carboxylic acids is 1. The maximum atomic E-state index is 9.84. The molecular formula is C10H16O. The van der Waals surface area contributed by atoms with Gasteiger partial charge < -0.3 is 0 Å². The molecule has 0 unspecified atom stereocenters. The summed E-state index contributed by atoms with van der Waals surface area (Å²) in [6.07, 6.45) is 12.0. The van der Waals surface area contributed by atoms with E-state index in [4.69, 9.17) is 0 Å². The third-order valence-corrected chi connectivity index (χ3v) is 1.49. The lowest BCUT2D eigenvalue weighted by molar-refractivity contribution is -0.104. The van der Waals surface area contributed by atoms with Crippen LogP contribution >= 0.6 is 0 Å². The van der Waals surface area contributed by atoms with E-state index in [0.717, 1.165) is 19.1 Å². The van der Waals surface area contributed by atoms with E-state index in [1.165, 1.54) is 19.3 Å². The average Bonchev–Trinajstić information content (AvgIpc) is 2.03. The van der Waals surface area contributed by atoms with Crippen LogP contribution in [0.5, 0.6) is 0 Å². The van der Waals surface area contributed by atoms with Crippen molar-refractivity contribution in [1.29, 1.82) is 0 Å². The van der Waals surface area contributed by atoms with Gasteiger partial charge in [0.1, 0.15) is 6.29 Å². The number of unbranched alkanes of at least 4 members (excludes halogenated alkanes) is 4. The number of rotatable bonds is 7. The van der Waals surface area contributed by atoms with Crippen molar-refractivity contribution < 1.29 is 4.79 Å². The minimum Gasteiger partial charge on any atom is -0.299 e. The molecule has 0 radical (unpaired) electrons. The Hall–Kier alpha value is -0.850. The molecule has 0 amide bonds. The molecule has 1 nitrogen and oxygen atoms in total. The van der Waals surface area contributed by atoms with Crippen molar-refractivity contribution in [1.82, 2.24) is 0 Å². The Bertz CT molecular complexity index is 125. The molecule has 0 aromatic heterocycles. The second kappa shape index (κ2) is 9.15. The van der Waals surface area contributed by atoms with E-state index in [2.05, 4.69) is 6.58 Å². The molecule has 0 saturated heterocycles. The van der Waals surface area contributed by atoms with Gasteiger partial charge in [0.15, 0.2) is 0 Å². The van der Waals surface area contributed by atoms with E-state index >= 15 is 0 Å². The first-order chi connectivity index (χ1) is 5.41. The Morgan fingerprint density at radius 1 is 1.09 bits per heavy atom. The Balaban J connectivity index is 2.95. The maximum Gasteiger partial charge on any atom is 0.142 e. The Kier molecular flexibility index (Phi) is 8.44. The Morgan fingerprint density at radius 2 is 1.82 bits per heavy atom. The van der Waals surface area contributed by atoms with Gasteiger partial charge in [-0.1, -0.05) is 18.6 Å². The van der Waals surface area contributed by atoms with E-state index in [1.54, 1.807) is 6.08 Å². The van der Waals surface area contributed by atoms with Gasteiger partial charge in [0.25, 0.3) is 0 Å². The van der Waals surface area contributed by atoms with Gasteiger partial charge in [-0.3, -0.25) is 4.79 Å². The van der Waals surface area contributed by atoms with Gasteiger partial charge in [-0.25, -0.2) is 0 Å². The molecule has 0 aliphatic rings. The van der Waals surface area contributed by atoms with E-state index in [-0.39, 0.29) is 0 Å². The predicted octanol–water partition coefficient (Wildman–Crippen LogP) is 2.88. The van der Waals surface area contributed by atoms with Crippen LogP contribution in [0.15, 0.2) is 24.8 Å². The monoisotopic (exact) mass is 152 g/mol. The maximum absolute atomic E-state index is 9.84. The fraction of sp³-hybridized carbons (Fsp3) is 0.500. The van der Waals surface area contributed by atoms with Gasteiger partial charge >= 0.3 is 0 Å². The Labute approximate surface area is 68.8 Å². The first kappa shape index (κ1) is 10.2. The molecule has 0 spiro atoms. The molecule has 0 rings (SSSR count). The summed E-state index contributed by atoms with van der Waals surface area (Å²) in [6, 6.07) is 0. The highest BCUT2D eigenvalue weighted by Gasteiger charge is 1.83. The van der Waals surface area contributed by atoms with Gasteiger partial charge in [-0.05, 0) is 31.8 Å². The zero-order valence-corrected chi connectivity index (χ0v) is 6.96. The lowest BCUT2D eigenvalue weighted by Gasteiger charge is -1.93. The molecule has 0 N–H and O–H groups in total. The molecular weight excluding hydrogens is 136 g/mol. The van der Waals surface area contributed by atoms with Crippen molar-refractivity contribution in [3.05, 3.63) is 24.8 Å². The summed E-state index contributed by atoms with van der Waals surface area (Å²) in [4.78, 5) is 9.84. The summed E-state index contributed by atoms with van der Waals surface area (Å²) < 4.78 is 0. The highest BCUT2D eigenvalue weighted by molar-refractivity contribution is 5.64. The topological polar surface area (TPSA) is 17.1 Å².